The lowest BCUT2D eigenvalue weighted by Crippen LogP contribution is -2.43. The molecule has 1 atom stereocenters. The molecule has 21 heavy (non-hydrogen) atoms. The fourth-order valence-corrected chi connectivity index (χ4v) is 2.19. The predicted octanol–water partition coefficient (Wildman–Crippen LogP) is 3.63. The minimum atomic E-state index is -0.994. The molecule has 0 spiro atoms. The number of carbonyl (C=O) groups excluding carboxylic acids is 1. The third-order valence-electron chi connectivity index (χ3n) is 3.23. The Balaban J connectivity index is 2.14. The topological polar surface area (TPSA) is 35.5 Å². The van der Waals surface area contributed by atoms with Crippen molar-refractivity contribution in [2.45, 2.75) is 25.9 Å². The van der Waals surface area contributed by atoms with E-state index in [0.717, 1.165) is 5.56 Å². The maximum Gasteiger partial charge on any atom is 0.343 e. The lowest BCUT2D eigenvalue weighted by molar-refractivity contribution is -0.159. The van der Waals surface area contributed by atoms with Crippen molar-refractivity contribution in [1.29, 1.82) is 0 Å². The van der Waals surface area contributed by atoms with Crippen LogP contribution in [0.15, 0.2) is 60.7 Å². The van der Waals surface area contributed by atoms with Gasteiger partial charge in [0.15, 0.2) is 5.60 Å². The van der Waals surface area contributed by atoms with Crippen molar-refractivity contribution in [3.8, 4) is 5.75 Å². The van der Waals surface area contributed by atoms with Crippen molar-refractivity contribution < 1.29 is 14.3 Å². The van der Waals surface area contributed by atoms with Crippen molar-refractivity contribution >= 4 is 5.97 Å². The van der Waals surface area contributed by atoms with Gasteiger partial charge in [-0.2, -0.15) is 0 Å². The van der Waals surface area contributed by atoms with E-state index in [1.807, 2.05) is 55.5 Å². The summed E-state index contributed by atoms with van der Waals surface area (Å²) in [5.41, 5.74) is 0.0461. The first-order valence-corrected chi connectivity index (χ1v) is 7.09. The Hall–Kier alpha value is -2.13. The summed E-state index contributed by atoms with van der Waals surface area (Å²) in [6.07, 6.45) is 0.480. The highest BCUT2D eigenvalue weighted by molar-refractivity contribution is 5.81. The molecule has 110 valence electrons. The number of para-hydroxylation sites is 1. The summed E-state index contributed by atoms with van der Waals surface area (Å²) in [4.78, 5) is 12.5. The van der Waals surface area contributed by atoms with Gasteiger partial charge < -0.3 is 9.47 Å². The quantitative estimate of drug-likeness (QED) is 0.600. The molecule has 3 nitrogen and oxygen atoms in total. The standard InChI is InChI=1S/C18H20O3/c1-3-20-18(2,14-15-10-6-4-7-11-15)17(19)21-16-12-8-5-9-13-16/h4-13H,3,14H2,1-2H3. The van der Waals surface area contributed by atoms with E-state index < -0.39 is 5.60 Å². The summed E-state index contributed by atoms with van der Waals surface area (Å²) in [5.74, 6) is 0.154. The van der Waals surface area contributed by atoms with Crippen LogP contribution in [0.5, 0.6) is 5.75 Å². The zero-order valence-corrected chi connectivity index (χ0v) is 12.4. The third kappa shape index (κ3) is 4.17. The van der Waals surface area contributed by atoms with Crippen LogP contribution in [0, 0.1) is 0 Å². The van der Waals surface area contributed by atoms with E-state index in [4.69, 9.17) is 9.47 Å². The Morgan fingerprint density at radius 1 is 1.00 bits per heavy atom. The molecule has 0 fully saturated rings. The van der Waals surface area contributed by atoms with Crippen LogP contribution in [-0.2, 0) is 16.0 Å². The monoisotopic (exact) mass is 284 g/mol. The van der Waals surface area contributed by atoms with Crippen LogP contribution in [0.3, 0.4) is 0 Å². The van der Waals surface area contributed by atoms with Gasteiger partial charge in [0, 0.05) is 13.0 Å². The van der Waals surface area contributed by atoms with Crippen molar-refractivity contribution in [3.05, 3.63) is 66.2 Å². The van der Waals surface area contributed by atoms with Crippen LogP contribution >= 0.6 is 0 Å². The molecule has 2 aromatic rings. The summed E-state index contributed by atoms with van der Waals surface area (Å²) in [7, 11) is 0. The second-order valence-corrected chi connectivity index (χ2v) is 5.03. The molecule has 2 rings (SSSR count). The highest BCUT2D eigenvalue weighted by Crippen LogP contribution is 2.21. The maximum atomic E-state index is 12.5. The van der Waals surface area contributed by atoms with Crippen molar-refractivity contribution in [2.75, 3.05) is 6.61 Å². The Bertz CT molecular complexity index is 566. The Labute approximate surface area is 125 Å². The van der Waals surface area contributed by atoms with Gasteiger partial charge in [-0.1, -0.05) is 48.5 Å². The van der Waals surface area contributed by atoms with Crippen LogP contribution in [0.4, 0.5) is 0 Å². The van der Waals surface area contributed by atoms with Crippen LogP contribution in [0.1, 0.15) is 19.4 Å². The third-order valence-corrected chi connectivity index (χ3v) is 3.23. The molecular weight excluding hydrogens is 264 g/mol. The number of hydrogen-bond donors (Lipinski definition) is 0. The first-order chi connectivity index (χ1) is 10.1. The van der Waals surface area contributed by atoms with Crippen molar-refractivity contribution in [1.82, 2.24) is 0 Å². The summed E-state index contributed by atoms with van der Waals surface area (Å²) < 4.78 is 11.1. The summed E-state index contributed by atoms with van der Waals surface area (Å²) in [6.45, 7) is 4.10. The number of esters is 1. The maximum absolute atomic E-state index is 12.5. The highest BCUT2D eigenvalue weighted by atomic mass is 16.6. The molecule has 0 saturated heterocycles. The van der Waals surface area contributed by atoms with E-state index >= 15 is 0 Å². The van der Waals surface area contributed by atoms with Crippen LogP contribution in [-0.4, -0.2) is 18.2 Å². The van der Waals surface area contributed by atoms with Gasteiger partial charge in [0.25, 0.3) is 0 Å². The number of benzene rings is 2. The molecule has 0 aromatic heterocycles. The molecular formula is C18H20O3. The average molecular weight is 284 g/mol. The zero-order valence-electron chi connectivity index (χ0n) is 12.4. The summed E-state index contributed by atoms with van der Waals surface area (Å²) in [5, 5.41) is 0. The largest absolute Gasteiger partial charge is 0.424 e. The van der Waals surface area contributed by atoms with Gasteiger partial charge in [-0.05, 0) is 31.5 Å². The summed E-state index contributed by atoms with van der Waals surface area (Å²) >= 11 is 0. The predicted molar refractivity (Wildman–Crippen MR) is 82.3 cm³/mol. The van der Waals surface area contributed by atoms with E-state index in [1.165, 1.54) is 0 Å². The zero-order chi connectivity index (χ0) is 15.1. The van der Waals surface area contributed by atoms with E-state index in [9.17, 15) is 4.79 Å². The molecule has 2 aromatic carbocycles. The average Bonchev–Trinajstić information content (AvgIpc) is 2.49. The van der Waals surface area contributed by atoms with Gasteiger partial charge in [0.2, 0.25) is 0 Å². The minimum absolute atomic E-state index is 0.376. The van der Waals surface area contributed by atoms with E-state index in [-0.39, 0.29) is 5.97 Å². The fourth-order valence-electron chi connectivity index (χ4n) is 2.19. The highest BCUT2D eigenvalue weighted by Gasteiger charge is 2.36. The Morgan fingerprint density at radius 2 is 1.57 bits per heavy atom. The molecule has 0 aliphatic rings. The molecule has 0 heterocycles. The van der Waals surface area contributed by atoms with Gasteiger partial charge in [-0.25, -0.2) is 4.79 Å². The molecule has 0 aliphatic carbocycles. The first kappa shape index (κ1) is 15.3. The van der Waals surface area contributed by atoms with Crippen molar-refractivity contribution in [3.63, 3.8) is 0 Å². The molecule has 0 N–H and O–H groups in total. The minimum Gasteiger partial charge on any atom is -0.424 e. The van der Waals surface area contributed by atoms with Gasteiger partial charge in [0.1, 0.15) is 5.75 Å². The van der Waals surface area contributed by atoms with Crippen LogP contribution in [0.25, 0.3) is 0 Å². The van der Waals surface area contributed by atoms with Crippen LogP contribution < -0.4 is 4.74 Å². The number of ether oxygens (including phenoxy) is 2. The lowest BCUT2D eigenvalue weighted by atomic mass is 9.96. The molecule has 0 saturated carbocycles. The molecule has 0 radical (unpaired) electrons. The number of hydrogen-bond acceptors (Lipinski definition) is 3. The second-order valence-electron chi connectivity index (χ2n) is 5.03. The molecule has 1 unspecified atom stereocenters. The van der Waals surface area contributed by atoms with Gasteiger partial charge >= 0.3 is 5.97 Å². The number of rotatable bonds is 6. The van der Waals surface area contributed by atoms with E-state index in [0.29, 0.717) is 18.8 Å². The van der Waals surface area contributed by atoms with Crippen molar-refractivity contribution in [2.24, 2.45) is 0 Å². The molecule has 3 heteroatoms. The smallest absolute Gasteiger partial charge is 0.343 e. The molecule has 0 amide bonds. The normalized spacial score (nSPS) is 13.4. The van der Waals surface area contributed by atoms with E-state index in [2.05, 4.69) is 0 Å². The first-order valence-electron chi connectivity index (χ1n) is 7.09. The molecule has 0 bridgehead atoms. The Morgan fingerprint density at radius 3 is 2.14 bits per heavy atom. The van der Waals surface area contributed by atoms with E-state index in [1.54, 1.807) is 19.1 Å². The second kappa shape index (κ2) is 7.04. The molecule has 0 aliphatic heterocycles. The Kier molecular flexibility index (Phi) is 5.12. The fraction of sp³-hybridized carbons (Fsp3) is 0.278. The van der Waals surface area contributed by atoms with Crippen LogP contribution in [0.2, 0.25) is 0 Å². The SMILES string of the molecule is CCOC(C)(Cc1ccccc1)C(=O)Oc1ccccc1. The van der Waals surface area contributed by atoms with Gasteiger partial charge in [-0.3, -0.25) is 0 Å². The number of carbonyl (C=O) groups is 1. The lowest BCUT2D eigenvalue weighted by Gasteiger charge is -2.27. The van der Waals surface area contributed by atoms with Gasteiger partial charge in [-0.15, -0.1) is 0 Å². The van der Waals surface area contributed by atoms with Gasteiger partial charge in [0.05, 0.1) is 0 Å². The summed E-state index contributed by atoms with van der Waals surface area (Å²) in [6, 6.07) is 18.9.